The molecule has 0 spiro atoms. The lowest BCUT2D eigenvalue weighted by molar-refractivity contribution is -0.175. The van der Waals surface area contributed by atoms with Gasteiger partial charge in [-0.25, -0.2) is 9.97 Å². The van der Waals surface area contributed by atoms with Crippen molar-refractivity contribution in [3.8, 4) is 28.3 Å². The molecule has 0 bridgehead atoms. The van der Waals surface area contributed by atoms with E-state index in [2.05, 4.69) is 21.3 Å². The molecule has 2 fully saturated rings. The van der Waals surface area contributed by atoms with E-state index in [4.69, 9.17) is 40.2 Å². The van der Waals surface area contributed by atoms with Crippen molar-refractivity contribution in [2.45, 2.75) is 66.3 Å². The summed E-state index contributed by atoms with van der Waals surface area (Å²) >= 11 is 7.13. The fraction of sp³-hybridized carbons (Fsp3) is 0.370. The number of anilines is 2. The number of rotatable bonds is 13. The van der Waals surface area contributed by atoms with Gasteiger partial charge in [0.1, 0.15) is 16.8 Å². The van der Waals surface area contributed by atoms with E-state index in [9.17, 15) is 23.5 Å². The monoisotopic (exact) mass is 868 g/mol. The zero-order chi connectivity index (χ0) is 43.7. The molecule has 2 saturated heterocycles. The molecule has 0 radical (unpaired) electrons. The Labute approximate surface area is 362 Å². The summed E-state index contributed by atoms with van der Waals surface area (Å²) in [6, 6.07) is 18.5. The molecule has 2 aliphatic rings. The normalized spacial score (nSPS) is 17.3. The summed E-state index contributed by atoms with van der Waals surface area (Å²) in [5.74, 6) is -0.682. The molecule has 13 nitrogen and oxygen atoms in total. The van der Waals surface area contributed by atoms with E-state index in [-0.39, 0.29) is 29.9 Å². The number of pyridine rings is 2. The first-order chi connectivity index (χ1) is 29.7. The van der Waals surface area contributed by atoms with E-state index in [1.165, 1.54) is 6.07 Å². The molecule has 2 aliphatic heterocycles. The van der Waals surface area contributed by atoms with Crippen LogP contribution in [0.3, 0.4) is 0 Å². The second-order valence-corrected chi connectivity index (χ2v) is 17.2. The maximum absolute atomic E-state index is 13.7. The number of halogens is 3. The first kappa shape index (κ1) is 42.9. The smallest absolute Gasteiger partial charge is 0.387 e. The Bertz CT molecular complexity index is 2640. The largest absolute Gasteiger partial charge is 0.436 e. The van der Waals surface area contributed by atoms with Crippen molar-refractivity contribution in [1.29, 1.82) is 0 Å². The highest BCUT2D eigenvalue weighted by Gasteiger charge is 2.32. The number of hydrogen-bond acceptors (Lipinski definition) is 13. The van der Waals surface area contributed by atoms with Gasteiger partial charge in [0.25, 0.3) is 0 Å². The van der Waals surface area contributed by atoms with Crippen molar-refractivity contribution in [1.82, 2.24) is 24.8 Å². The van der Waals surface area contributed by atoms with Crippen LogP contribution < -0.4 is 10.1 Å². The second-order valence-electron chi connectivity index (χ2n) is 16.8. The first-order valence-electron chi connectivity index (χ1n) is 20.4. The Morgan fingerprint density at radius 2 is 1.73 bits per heavy atom. The molecule has 2 unspecified atom stereocenters. The lowest BCUT2D eigenvalue weighted by atomic mass is 9.96. The Morgan fingerprint density at radius 1 is 0.968 bits per heavy atom. The maximum atomic E-state index is 13.7. The van der Waals surface area contributed by atoms with Gasteiger partial charge in [-0.2, -0.15) is 8.78 Å². The maximum Gasteiger partial charge on any atom is 0.387 e. The topological polar surface area (TPSA) is 152 Å². The number of carbonyl (C=O) groups excluding carboxylic acids is 2. The summed E-state index contributed by atoms with van der Waals surface area (Å²) in [6.45, 7) is 6.72. The third-order valence-corrected chi connectivity index (χ3v) is 11.6. The van der Waals surface area contributed by atoms with E-state index in [0.29, 0.717) is 71.3 Å². The summed E-state index contributed by atoms with van der Waals surface area (Å²) in [5, 5.41) is 14.7. The van der Waals surface area contributed by atoms with E-state index in [1.54, 1.807) is 33.0 Å². The van der Waals surface area contributed by atoms with Crippen molar-refractivity contribution < 1.29 is 42.1 Å². The SMILES string of the molecule is Cc1c(-c2nc3cc(CN4CCC(C(=O)OCOC(=O)C(C)(C)C)C4)c(OC(F)F)cc3o2)cccc1-c1cccc(Nc2nccc3cc(CN4CCC(O)C4)cnc23)c1Cl. The molecule has 62 heavy (non-hydrogen) atoms. The minimum absolute atomic E-state index is 0.0592. The molecule has 8 rings (SSSR count). The number of benzene rings is 3. The zero-order valence-corrected chi connectivity index (χ0v) is 35.5. The number of aliphatic hydroxyl groups is 1. The zero-order valence-electron chi connectivity index (χ0n) is 34.8. The average Bonchev–Trinajstić information content (AvgIpc) is 3.98. The number of hydrogen-bond donors (Lipinski definition) is 2. The lowest BCUT2D eigenvalue weighted by Crippen LogP contribution is -2.27. The van der Waals surface area contributed by atoms with Crippen molar-refractivity contribution in [3.05, 3.63) is 94.8 Å². The highest BCUT2D eigenvalue weighted by atomic mass is 35.5. The third-order valence-electron chi connectivity index (χ3n) is 11.2. The standard InChI is InChI=1S/C46H47ClF2N6O7/c1-26-32(34-9-6-10-35(39(34)47)52-41-40-28(11-14-50-41)17-27(20-51-40)21-54-16-13-31(56)24-54)7-5-8-33(26)42-53-36-18-30(37(62-45(48)49)19-38(36)61-42)23-55-15-12-29(22-55)43(57)59-25-60-44(58)46(2,3)4/h5-11,14,17-20,29,31,45,56H,12-13,15-16,21-25H2,1-4H3,(H,50,52). The van der Waals surface area contributed by atoms with Crippen LogP contribution in [0.5, 0.6) is 5.75 Å². The summed E-state index contributed by atoms with van der Waals surface area (Å²) < 4.78 is 48.8. The minimum atomic E-state index is -3.08. The van der Waals surface area contributed by atoms with E-state index < -0.39 is 36.7 Å². The molecule has 3 aromatic carbocycles. The molecule has 6 aromatic rings. The predicted molar refractivity (Wildman–Crippen MR) is 230 cm³/mol. The fourth-order valence-electron chi connectivity index (χ4n) is 7.95. The highest BCUT2D eigenvalue weighted by molar-refractivity contribution is 6.36. The molecule has 16 heteroatoms. The number of β-amino-alcohol motifs (C(OH)–C–C–N with tert-alkyl or cyclic N) is 1. The molecule has 0 amide bonds. The number of aromatic nitrogens is 3. The van der Waals surface area contributed by atoms with E-state index in [0.717, 1.165) is 40.6 Å². The molecule has 0 aliphatic carbocycles. The summed E-state index contributed by atoms with van der Waals surface area (Å²) in [5.41, 5.74) is 5.90. The number of ether oxygens (including phenoxy) is 3. The van der Waals surface area contributed by atoms with Crippen LogP contribution in [-0.4, -0.2) is 87.5 Å². The number of carbonyl (C=O) groups is 2. The number of aliphatic hydroxyl groups excluding tert-OH is 1. The van der Waals surface area contributed by atoms with Gasteiger partial charge in [-0.15, -0.1) is 0 Å². The van der Waals surface area contributed by atoms with Crippen LogP contribution in [0.15, 0.2) is 77.5 Å². The van der Waals surface area contributed by atoms with Gasteiger partial charge in [0, 0.05) is 73.3 Å². The number of fused-ring (bicyclic) bond motifs is 2. The van der Waals surface area contributed by atoms with Crippen LogP contribution >= 0.6 is 11.6 Å². The van der Waals surface area contributed by atoms with Crippen molar-refractivity contribution >= 4 is 57.0 Å². The molecule has 5 heterocycles. The number of nitrogens with one attached hydrogen (secondary N) is 1. The van der Waals surface area contributed by atoms with E-state index >= 15 is 0 Å². The predicted octanol–water partition coefficient (Wildman–Crippen LogP) is 8.89. The van der Waals surface area contributed by atoms with Gasteiger partial charge in [0.05, 0.1) is 28.1 Å². The van der Waals surface area contributed by atoms with Crippen LogP contribution in [0, 0.1) is 18.3 Å². The summed E-state index contributed by atoms with van der Waals surface area (Å²) in [7, 11) is 0. The molecule has 3 aromatic heterocycles. The van der Waals surface area contributed by atoms with Gasteiger partial charge in [-0.3, -0.25) is 24.4 Å². The van der Waals surface area contributed by atoms with Crippen LogP contribution in [0.4, 0.5) is 20.3 Å². The van der Waals surface area contributed by atoms with Gasteiger partial charge in [0.2, 0.25) is 12.7 Å². The molecule has 2 N–H and O–H groups in total. The number of oxazole rings is 1. The fourth-order valence-corrected chi connectivity index (χ4v) is 8.22. The van der Waals surface area contributed by atoms with Crippen LogP contribution in [0.1, 0.15) is 50.3 Å². The van der Waals surface area contributed by atoms with Crippen LogP contribution in [-0.2, 0) is 32.2 Å². The van der Waals surface area contributed by atoms with Crippen molar-refractivity contribution in [3.63, 3.8) is 0 Å². The van der Waals surface area contributed by atoms with Crippen molar-refractivity contribution in [2.75, 3.05) is 38.3 Å². The van der Waals surface area contributed by atoms with E-state index in [1.807, 2.05) is 60.5 Å². The van der Waals surface area contributed by atoms with Gasteiger partial charge in [-0.1, -0.05) is 35.9 Å². The molecule has 324 valence electrons. The van der Waals surface area contributed by atoms with Gasteiger partial charge in [-0.05, 0) is 94.1 Å². The number of likely N-dealkylation sites (tertiary alicyclic amines) is 2. The van der Waals surface area contributed by atoms with Gasteiger partial charge in [0.15, 0.2) is 11.4 Å². The van der Waals surface area contributed by atoms with Crippen LogP contribution in [0.25, 0.3) is 44.6 Å². The Hall–Kier alpha value is -5.74. The molecular formula is C46H47ClF2N6O7. The van der Waals surface area contributed by atoms with Gasteiger partial charge < -0.3 is 29.1 Å². The molecular weight excluding hydrogens is 822 g/mol. The minimum Gasteiger partial charge on any atom is -0.436 e. The highest BCUT2D eigenvalue weighted by Crippen LogP contribution is 2.41. The Balaban J connectivity index is 1.000. The number of alkyl halides is 2. The average molecular weight is 869 g/mol. The summed E-state index contributed by atoms with van der Waals surface area (Å²) in [4.78, 5) is 43.1. The Kier molecular flexibility index (Phi) is 12.4. The lowest BCUT2D eigenvalue weighted by Gasteiger charge is -2.19. The number of esters is 2. The molecule has 2 atom stereocenters. The number of nitrogens with zero attached hydrogens (tertiary/aromatic N) is 5. The quantitative estimate of drug-likeness (QED) is 0.0840. The Morgan fingerprint density at radius 3 is 2.50 bits per heavy atom. The second kappa shape index (κ2) is 17.9. The first-order valence-corrected chi connectivity index (χ1v) is 20.8. The van der Waals surface area contributed by atoms with Crippen molar-refractivity contribution in [2.24, 2.45) is 11.3 Å². The van der Waals surface area contributed by atoms with Crippen LogP contribution in [0.2, 0.25) is 5.02 Å². The summed E-state index contributed by atoms with van der Waals surface area (Å²) in [6.07, 6.45) is 4.54. The third kappa shape index (κ3) is 9.50. The van der Waals surface area contributed by atoms with Gasteiger partial charge >= 0.3 is 18.6 Å². The molecule has 0 saturated carbocycles.